The Morgan fingerprint density at radius 3 is 2.06 bits per heavy atom. The molecule has 0 aliphatic rings. The van der Waals surface area contributed by atoms with Gasteiger partial charge in [0.05, 0.1) is 18.2 Å². The van der Waals surface area contributed by atoms with Crippen LogP contribution in [-0.2, 0) is 9.47 Å². The van der Waals surface area contributed by atoms with Crippen LogP contribution < -0.4 is 5.32 Å². The van der Waals surface area contributed by atoms with Crippen molar-refractivity contribution in [2.75, 3.05) is 7.11 Å². The van der Waals surface area contributed by atoms with Gasteiger partial charge < -0.3 is 14.8 Å². The van der Waals surface area contributed by atoms with E-state index in [0.717, 1.165) is 6.42 Å². The van der Waals surface area contributed by atoms with E-state index in [0.29, 0.717) is 11.8 Å². The van der Waals surface area contributed by atoms with Gasteiger partial charge in [0, 0.05) is 7.11 Å². The van der Waals surface area contributed by atoms with Gasteiger partial charge in [0.2, 0.25) is 0 Å². The SMILES string of the molecule is CCC(OC)C(NC(=O)OC(C)C)C(C)C(C)C. The summed E-state index contributed by atoms with van der Waals surface area (Å²) in [5.74, 6) is 0.799. The van der Waals surface area contributed by atoms with Crippen LogP contribution in [0.3, 0.4) is 0 Å². The fraction of sp³-hybridized carbons (Fsp3) is 0.929. The molecule has 0 rings (SSSR count). The molecule has 18 heavy (non-hydrogen) atoms. The molecule has 0 saturated carbocycles. The van der Waals surface area contributed by atoms with Crippen LogP contribution in [-0.4, -0.2) is 31.5 Å². The van der Waals surface area contributed by atoms with Crippen molar-refractivity contribution in [1.82, 2.24) is 5.32 Å². The van der Waals surface area contributed by atoms with Crippen LogP contribution in [0.2, 0.25) is 0 Å². The van der Waals surface area contributed by atoms with E-state index in [4.69, 9.17) is 9.47 Å². The lowest BCUT2D eigenvalue weighted by Gasteiger charge is -2.33. The van der Waals surface area contributed by atoms with Gasteiger partial charge in [-0.1, -0.05) is 27.7 Å². The molecule has 108 valence electrons. The molecule has 1 N–H and O–H groups in total. The van der Waals surface area contributed by atoms with Gasteiger partial charge in [0.15, 0.2) is 0 Å². The van der Waals surface area contributed by atoms with Gasteiger partial charge >= 0.3 is 6.09 Å². The third-order valence-electron chi connectivity index (χ3n) is 3.35. The Morgan fingerprint density at radius 1 is 1.17 bits per heavy atom. The van der Waals surface area contributed by atoms with Gasteiger partial charge in [-0.15, -0.1) is 0 Å². The monoisotopic (exact) mass is 259 g/mol. The van der Waals surface area contributed by atoms with E-state index in [1.54, 1.807) is 7.11 Å². The van der Waals surface area contributed by atoms with E-state index in [1.807, 2.05) is 13.8 Å². The van der Waals surface area contributed by atoms with Gasteiger partial charge in [-0.25, -0.2) is 4.79 Å². The molecule has 0 fully saturated rings. The first-order valence-electron chi connectivity index (χ1n) is 6.83. The van der Waals surface area contributed by atoms with Crippen molar-refractivity contribution in [2.45, 2.75) is 66.2 Å². The van der Waals surface area contributed by atoms with E-state index in [-0.39, 0.29) is 24.3 Å². The zero-order valence-electron chi connectivity index (χ0n) is 12.8. The summed E-state index contributed by atoms with van der Waals surface area (Å²) in [5, 5.41) is 2.95. The molecule has 0 aromatic rings. The van der Waals surface area contributed by atoms with Gasteiger partial charge in [0.1, 0.15) is 0 Å². The second kappa shape index (κ2) is 8.35. The molecule has 0 aliphatic heterocycles. The van der Waals surface area contributed by atoms with Crippen LogP contribution in [0.4, 0.5) is 4.79 Å². The Hall–Kier alpha value is -0.770. The van der Waals surface area contributed by atoms with Crippen LogP contribution in [0.5, 0.6) is 0 Å². The van der Waals surface area contributed by atoms with Crippen molar-refractivity contribution >= 4 is 6.09 Å². The van der Waals surface area contributed by atoms with Crippen LogP contribution in [0.15, 0.2) is 0 Å². The number of ether oxygens (including phenoxy) is 2. The molecule has 0 aliphatic carbocycles. The summed E-state index contributed by atoms with van der Waals surface area (Å²) < 4.78 is 10.6. The largest absolute Gasteiger partial charge is 0.447 e. The lowest BCUT2D eigenvalue weighted by Crippen LogP contribution is -2.49. The average Bonchev–Trinajstić information content (AvgIpc) is 2.27. The van der Waals surface area contributed by atoms with Crippen molar-refractivity contribution in [3.8, 4) is 0 Å². The minimum atomic E-state index is -0.363. The molecule has 3 atom stereocenters. The van der Waals surface area contributed by atoms with Crippen molar-refractivity contribution in [1.29, 1.82) is 0 Å². The Balaban J connectivity index is 4.71. The zero-order chi connectivity index (χ0) is 14.3. The summed E-state index contributed by atoms with van der Waals surface area (Å²) >= 11 is 0. The summed E-state index contributed by atoms with van der Waals surface area (Å²) in [6.07, 6.45) is 0.405. The number of hydrogen-bond acceptors (Lipinski definition) is 3. The Morgan fingerprint density at radius 2 is 1.72 bits per heavy atom. The minimum absolute atomic E-state index is 0.0158. The second-order valence-electron chi connectivity index (χ2n) is 5.41. The molecule has 0 spiro atoms. The molecule has 0 saturated heterocycles. The first-order chi connectivity index (χ1) is 8.33. The predicted octanol–water partition coefficient (Wildman–Crippen LogP) is 3.21. The van der Waals surface area contributed by atoms with E-state index in [9.17, 15) is 4.79 Å². The molecule has 0 aromatic heterocycles. The highest BCUT2D eigenvalue weighted by Gasteiger charge is 2.29. The van der Waals surface area contributed by atoms with Crippen molar-refractivity contribution in [3.63, 3.8) is 0 Å². The molecule has 4 heteroatoms. The number of methoxy groups -OCH3 is 1. The molecular formula is C14H29NO3. The number of carbonyl (C=O) groups is 1. The summed E-state index contributed by atoms with van der Waals surface area (Å²) in [7, 11) is 1.68. The quantitative estimate of drug-likeness (QED) is 0.763. The average molecular weight is 259 g/mol. The minimum Gasteiger partial charge on any atom is -0.447 e. The smallest absolute Gasteiger partial charge is 0.407 e. The Labute approximate surface area is 111 Å². The summed E-state index contributed by atoms with van der Waals surface area (Å²) in [6.45, 7) is 12.2. The molecule has 0 radical (unpaired) electrons. The second-order valence-corrected chi connectivity index (χ2v) is 5.41. The summed E-state index contributed by atoms with van der Waals surface area (Å²) in [5.41, 5.74) is 0. The number of alkyl carbamates (subject to hydrolysis) is 1. The highest BCUT2D eigenvalue weighted by atomic mass is 16.6. The lowest BCUT2D eigenvalue weighted by atomic mass is 9.86. The molecule has 0 heterocycles. The van der Waals surface area contributed by atoms with Gasteiger partial charge in [0.25, 0.3) is 0 Å². The van der Waals surface area contributed by atoms with Crippen molar-refractivity contribution in [3.05, 3.63) is 0 Å². The molecule has 3 unspecified atom stereocenters. The maximum absolute atomic E-state index is 11.7. The molecule has 4 nitrogen and oxygen atoms in total. The van der Waals surface area contributed by atoms with Crippen LogP contribution in [0.25, 0.3) is 0 Å². The standard InChI is InChI=1S/C14H29NO3/c1-8-12(17-7)13(11(6)9(2)3)15-14(16)18-10(4)5/h9-13H,8H2,1-7H3,(H,15,16). The van der Waals surface area contributed by atoms with Crippen LogP contribution in [0, 0.1) is 11.8 Å². The third kappa shape index (κ3) is 5.71. The zero-order valence-corrected chi connectivity index (χ0v) is 12.8. The number of carbonyl (C=O) groups excluding carboxylic acids is 1. The number of amides is 1. The lowest BCUT2D eigenvalue weighted by molar-refractivity contribution is 0.0326. The fourth-order valence-corrected chi connectivity index (χ4v) is 1.93. The van der Waals surface area contributed by atoms with Crippen LogP contribution >= 0.6 is 0 Å². The van der Waals surface area contributed by atoms with Crippen molar-refractivity contribution in [2.24, 2.45) is 11.8 Å². The van der Waals surface area contributed by atoms with E-state index in [2.05, 4.69) is 33.0 Å². The Kier molecular flexibility index (Phi) is 8.00. The van der Waals surface area contributed by atoms with E-state index in [1.165, 1.54) is 0 Å². The van der Waals surface area contributed by atoms with Gasteiger partial charge in [-0.2, -0.15) is 0 Å². The maximum atomic E-state index is 11.7. The first-order valence-corrected chi connectivity index (χ1v) is 6.83. The topological polar surface area (TPSA) is 47.6 Å². The molecule has 0 aromatic carbocycles. The number of hydrogen-bond donors (Lipinski definition) is 1. The van der Waals surface area contributed by atoms with Gasteiger partial charge in [-0.05, 0) is 32.1 Å². The number of nitrogens with one attached hydrogen (secondary N) is 1. The van der Waals surface area contributed by atoms with Crippen molar-refractivity contribution < 1.29 is 14.3 Å². The fourth-order valence-electron chi connectivity index (χ4n) is 1.93. The van der Waals surface area contributed by atoms with Crippen LogP contribution in [0.1, 0.15) is 48.0 Å². The summed E-state index contributed by atoms with van der Waals surface area (Å²) in [6, 6.07) is -0.0220. The normalized spacial score (nSPS) is 16.5. The highest BCUT2D eigenvalue weighted by molar-refractivity contribution is 5.67. The van der Waals surface area contributed by atoms with Gasteiger partial charge in [-0.3, -0.25) is 0 Å². The summed E-state index contributed by atoms with van der Waals surface area (Å²) in [4.78, 5) is 11.7. The predicted molar refractivity (Wildman–Crippen MR) is 73.6 cm³/mol. The highest BCUT2D eigenvalue weighted by Crippen LogP contribution is 2.20. The molecule has 0 bridgehead atoms. The molecular weight excluding hydrogens is 230 g/mol. The first kappa shape index (κ1) is 17.2. The molecule has 1 amide bonds. The third-order valence-corrected chi connectivity index (χ3v) is 3.35. The maximum Gasteiger partial charge on any atom is 0.407 e. The van der Waals surface area contributed by atoms with E-state index < -0.39 is 0 Å². The number of rotatable bonds is 7. The Bertz CT molecular complexity index is 235. The van der Waals surface area contributed by atoms with E-state index >= 15 is 0 Å².